The molecule has 3 rings (SSSR count). The number of aromatic hydroxyl groups is 1. The van der Waals surface area contributed by atoms with Gasteiger partial charge in [-0.1, -0.05) is 121 Å². The number of nitrogens with one attached hydrogen (secondary N) is 1. The molecule has 1 amide bonds. The molecule has 0 saturated heterocycles. The molecule has 0 unspecified atom stereocenters. The molecule has 37 heavy (non-hydrogen) atoms. The molecule has 2 aromatic rings. The van der Waals surface area contributed by atoms with Gasteiger partial charge in [-0.25, -0.2) is 0 Å². The van der Waals surface area contributed by atoms with E-state index in [0.717, 1.165) is 19.3 Å². The van der Waals surface area contributed by atoms with E-state index in [0.29, 0.717) is 12.0 Å². The molecule has 0 radical (unpaired) electrons. The van der Waals surface area contributed by atoms with E-state index in [-0.39, 0.29) is 39.8 Å². The highest BCUT2D eigenvalue weighted by Crippen LogP contribution is 2.37. The lowest BCUT2D eigenvalue weighted by Gasteiger charge is -2.21. The number of rotatable bonds is 17. The fraction of sp³-hybridized carbons (Fsp3) is 0.531. The number of hydrogen-bond donors (Lipinski definition) is 2. The summed E-state index contributed by atoms with van der Waals surface area (Å²) in [5.74, 6) is -1.19. The van der Waals surface area contributed by atoms with E-state index in [1.165, 1.54) is 89.2 Å². The van der Waals surface area contributed by atoms with Crippen molar-refractivity contribution >= 4 is 23.2 Å². The van der Waals surface area contributed by atoms with Crippen molar-refractivity contribution in [3.05, 3.63) is 58.7 Å². The largest absolute Gasteiger partial charge is 0.507 e. The predicted octanol–water partition coefficient (Wildman–Crippen LogP) is 8.37. The van der Waals surface area contributed by atoms with Crippen molar-refractivity contribution in [3.63, 3.8) is 0 Å². The number of phenolic OH excluding ortho intramolecular Hbond substituents is 1. The topological polar surface area (TPSA) is 83.5 Å². The van der Waals surface area contributed by atoms with Gasteiger partial charge in [0.2, 0.25) is 5.91 Å². The zero-order valence-electron chi connectivity index (χ0n) is 22.4. The molecule has 0 saturated carbocycles. The van der Waals surface area contributed by atoms with Gasteiger partial charge in [0.25, 0.3) is 0 Å². The Labute approximate surface area is 222 Å². The molecular weight excluding hydrogens is 462 g/mol. The van der Waals surface area contributed by atoms with E-state index in [1.807, 2.05) is 0 Å². The van der Waals surface area contributed by atoms with Crippen LogP contribution in [0.5, 0.6) is 5.75 Å². The van der Waals surface area contributed by atoms with Gasteiger partial charge >= 0.3 is 0 Å². The zero-order valence-corrected chi connectivity index (χ0v) is 22.4. The van der Waals surface area contributed by atoms with Crippen LogP contribution in [0.4, 0.5) is 5.69 Å². The van der Waals surface area contributed by atoms with Gasteiger partial charge in [0, 0.05) is 17.5 Å². The van der Waals surface area contributed by atoms with Gasteiger partial charge in [-0.15, -0.1) is 0 Å². The third-order valence-corrected chi connectivity index (χ3v) is 7.34. The number of unbranched alkanes of at least 4 members (excludes halogenated alkanes) is 14. The minimum absolute atomic E-state index is 0.0338. The second-order valence-electron chi connectivity index (χ2n) is 10.3. The molecule has 1 aliphatic rings. The Hall–Kier alpha value is -2.95. The van der Waals surface area contributed by atoms with E-state index in [1.54, 1.807) is 24.3 Å². The molecule has 0 aromatic heterocycles. The predicted molar refractivity (Wildman–Crippen MR) is 150 cm³/mol. The molecule has 2 N–H and O–H groups in total. The highest BCUT2D eigenvalue weighted by atomic mass is 16.3. The lowest BCUT2D eigenvalue weighted by molar-refractivity contribution is -0.116. The zero-order chi connectivity index (χ0) is 26.5. The van der Waals surface area contributed by atoms with Crippen molar-refractivity contribution in [2.75, 3.05) is 5.32 Å². The normalized spacial score (nSPS) is 12.4. The van der Waals surface area contributed by atoms with E-state index in [9.17, 15) is 19.5 Å². The summed E-state index contributed by atoms with van der Waals surface area (Å²) in [6.07, 6.45) is 19.4. The maximum absolute atomic E-state index is 13.1. The van der Waals surface area contributed by atoms with Gasteiger partial charge < -0.3 is 10.4 Å². The number of amides is 1. The van der Waals surface area contributed by atoms with Gasteiger partial charge in [-0.05, 0) is 18.6 Å². The number of fused-ring (bicyclic) bond motifs is 2. The number of phenols is 1. The molecule has 200 valence electrons. The second kappa shape index (κ2) is 15.3. The van der Waals surface area contributed by atoms with Crippen LogP contribution < -0.4 is 5.32 Å². The third kappa shape index (κ3) is 8.28. The van der Waals surface area contributed by atoms with Crippen molar-refractivity contribution in [2.45, 2.75) is 110 Å². The van der Waals surface area contributed by atoms with E-state index in [4.69, 9.17) is 0 Å². The van der Waals surface area contributed by atoms with Crippen LogP contribution in [0.2, 0.25) is 0 Å². The average Bonchev–Trinajstić information content (AvgIpc) is 2.90. The molecule has 0 spiro atoms. The molecule has 5 heteroatoms. The molecule has 1 aliphatic carbocycles. The standard InChI is InChI=1S/C32H43NO4/c1-2-3-4-5-6-7-8-9-10-11-12-13-14-15-16-21-28(35)33-26-22-23-27(34)30-29(26)31(36)24-19-17-18-20-25(24)32(30)37/h17-20,22-23,34H,2-16,21H2,1H3,(H,33,35). The van der Waals surface area contributed by atoms with Crippen molar-refractivity contribution in [3.8, 4) is 5.75 Å². The Morgan fingerprint density at radius 1 is 0.649 bits per heavy atom. The summed E-state index contributed by atoms with van der Waals surface area (Å²) in [7, 11) is 0. The molecule has 2 aromatic carbocycles. The molecule has 5 nitrogen and oxygen atoms in total. The van der Waals surface area contributed by atoms with Crippen LogP contribution in [0.25, 0.3) is 0 Å². The van der Waals surface area contributed by atoms with Crippen LogP contribution in [0, 0.1) is 0 Å². The second-order valence-corrected chi connectivity index (χ2v) is 10.3. The monoisotopic (exact) mass is 505 g/mol. The Morgan fingerprint density at radius 2 is 1.11 bits per heavy atom. The number of anilines is 1. The summed E-state index contributed by atoms with van der Waals surface area (Å²) in [5.41, 5.74) is 0.897. The first kappa shape index (κ1) is 28.6. The van der Waals surface area contributed by atoms with Crippen LogP contribution in [-0.4, -0.2) is 22.6 Å². The van der Waals surface area contributed by atoms with Crippen LogP contribution in [0.3, 0.4) is 0 Å². The summed E-state index contributed by atoms with van der Waals surface area (Å²) in [6, 6.07) is 9.43. The lowest BCUT2D eigenvalue weighted by atomic mass is 9.82. The van der Waals surface area contributed by atoms with Crippen molar-refractivity contribution in [1.82, 2.24) is 0 Å². The SMILES string of the molecule is CCCCCCCCCCCCCCCCCC(=O)Nc1ccc(O)c2c1C(=O)c1ccccc1C2=O. The summed E-state index contributed by atoms with van der Waals surface area (Å²) in [5, 5.41) is 13.1. The number of ketones is 2. The first-order valence-corrected chi connectivity index (χ1v) is 14.4. The molecule has 0 fully saturated rings. The highest BCUT2D eigenvalue weighted by molar-refractivity contribution is 6.31. The Kier molecular flexibility index (Phi) is 11.9. The van der Waals surface area contributed by atoms with Crippen molar-refractivity contribution in [2.24, 2.45) is 0 Å². The minimum atomic E-state index is -0.402. The summed E-state index contributed by atoms with van der Waals surface area (Å²) in [4.78, 5) is 38.6. The Balaban J connectivity index is 1.32. The minimum Gasteiger partial charge on any atom is -0.507 e. The van der Waals surface area contributed by atoms with Crippen LogP contribution in [0.15, 0.2) is 36.4 Å². The summed E-state index contributed by atoms with van der Waals surface area (Å²) < 4.78 is 0. The number of carbonyl (C=O) groups excluding carboxylic acids is 3. The van der Waals surface area contributed by atoms with Crippen LogP contribution in [-0.2, 0) is 4.79 Å². The fourth-order valence-corrected chi connectivity index (χ4v) is 5.18. The first-order valence-electron chi connectivity index (χ1n) is 14.4. The van der Waals surface area contributed by atoms with E-state index in [2.05, 4.69) is 12.2 Å². The maximum Gasteiger partial charge on any atom is 0.224 e. The van der Waals surface area contributed by atoms with Crippen LogP contribution >= 0.6 is 0 Å². The molecule has 0 atom stereocenters. The molecule has 0 aliphatic heterocycles. The number of carbonyl (C=O) groups is 3. The van der Waals surface area contributed by atoms with Gasteiger partial charge in [0.1, 0.15) is 5.75 Å². The fourth-order valence-electron chi connectivity index (χ4n) is 5.18. The highest BCUT2D eigenvalue weighted by Gasteiger charge is 2.34. The van der Waals surface area contributed by atoms with Crippen molar-refractivity contribution < 1.29 is 19.5 Å². The smallest absolute Gasteiger partial charge is 0.224 e. The third-order valence-electron chi connectivity index (χ3n) is 7.34. The molecule has 0 heterocycles. The molecular formula is C32H43NO4. The maximum atomic E-state index is 13.1. The molecule has 0 bridgehead atoms. The van der Waals surface area contributed by atoms with Gasteiger partial charge in [-0.2, -0.15) is 0 Å². The van der Waals surface area contributed by atoms with Gasteiger partial charge in [-0.3, -0.25) is 14.4 Å². The quantitative estimate of drug-likeness (QED) is 0.143. The van der Waals surface area contributed by atoms with E-state index < -0.39 is 5.78 Å². The van der Waals surface area contributed by atoms with Crippen LogP contribution in [0.1, 0.15) is 141 Å². The Bertz CT molecular complexity index is 1060. The number of benzene rings is 2. The summed E-state index contributed by atoms with van der Waals surface area (Å²) in [6.45, 7) is 2.26. The average molecular weight is 506 g/mol. The van der Waals surface area contributed by atoms with Crippen molar-refractivity contribution in [1.29, 1.82) is 0 Å². The Morgan fingerprint density at radius 3 is 1.62 bits per heavy atom. The van der Waals surface area contributed by atoms with E-state index >= 15 is 0 Å². The van der Waals surface area contributed by atoms with Gasteiger partial charge in [0.05, 0.1) is 16.8 Å². The first-order chi connectivity index (χ1) is 18.0. The summed E-state index contributed by atoms with van der Waals surface area (Å²) >= 11 is 0. The lowest BCUT2D eigenvalue weighted by Crippen LogP contribution is -2.24. The number of hydrogen-bond acceptors (Lipinski definition) is 4. The van der Waals surface area contributed by atoms with Gasteiger partial charge in [0.15, 0.2) is 11.6 Å².